The van der Waals surface area contributed by atoms with Gasteiger partial charge < -0.3 is 14.6 Å². The minimum absolute atomic E-state index is 0.101. The molecule has 3 atom stereocenters. The summed E-state index contributed by atoms with van der Waals surface area (Å²) < 4.78 is 82.6. The number of aliphatic hydroxyl groups is 1. The van der Waals surface area contributed by atoms with Crippen molar-refractivity contribution < 1.29 is 45.7 Å². The van der Waals surface area contributed by atoms with Gasteiger partial charge >= 0.3 is 18.3 Å². The number of alkyl halides is 6. The molecular formula is C12H16F6O4. The van der Waals surface area contributed by atoms with E-state index in [2.05, 4.69) is 9.47 Å². The highest BCUT2D eigenvalue weighted by Gasteiger charge is 2.61. The molecule has 1 aliphatic rings. The minimum Gasteiger partial charge on any atom is -0.442 e. The molecule has 130 valence electrons. The van der Waals surface area contributed by atoms with Crippen LogP contribution in [0, 0.1) is 11.3 Å². The monoisotopic (exact) mass is 338 g/mol. The Bertz CT molecular complexity index is 397. The predicted molar refractivity (Wildman–Crippen MR) is 60.4 cm³/mol. The van der Waals surface area contributed by atoms with Crippen molar-refractivity contribution in [3.05, 3.63) is 0 Å². The number of esters is 1. The molecule has 1 aliphatic heterocycles. The van der Waals surface area contributed by atoms with Gasteiger partial charge in [-0.3, -0.25) is 4.79 Å². The number of ether oxygens (including phenoxy) is 2. The van der Waals surface area contributed by atoms with Gasteiger partial charge in [0.1, 0.15) is 6.10 Å². The normalized spacial score (nSPS) is 24.3. The zero-order valence-electron chi connectivity index (χ0n) is 12.0. The van der Waals surface area contributed by atoms with Gasteiger partial charge in [-0.15, -0.1) is 0 Å². The second-order valence-corrected chi connectivity index (χ2v) is 6.26. The smallest absolute Gasteiger partial charge is 0.434 e. The van der Waals surface area contributed by atoms with E-state index in [0.717, 1.165) is 0 Å². The quantitative estimate of drug-likeness (QED) is 0.486. The number of halogens is 6. The zero-order valence-corrected chi connectivity index (χ0v) is 12.0. The third kappa shape index (κ3) is 5.31. The highest BCUT2D eigenvalue weighted by atomic mass is 19.4. The lowest BCUT2D eigenvalue weighted by Gasteiger charge is -2.27. The highest BCUT2D eigenvalue weighted by molar-refractivity contribution is 5.74. The summed E-state index contributed by atoms with van der Waals surface area (Å²) in [5.74, 6) is -3.11. The molecule has 4 nitrogen and oxygen atoms in total. The van der Waals surface area contributed by atoms with Crippen LogP contribution in [0.3, 0.4) is 0 Å². The number of rotatable bonds is 4. The van der Waals surface area contributed by atoms with Crippen LogP contribution < -0.4 is 0 Å². The van der Waals surface area contributed by atoms with E-state index in [0.29, 0.717) is 0 Å². The summed E-state index contributed by atoms with van der Waals surface area (Å²) in [4.78, 5) is 11.7. The Hall–Kier alpha value is -1.03. The van der Waals surface area contributed by atoms with Crippen molar-refractivity contribution in [3.63, 3.8) is 0 Å². The van der Waals surface area contributed by atoms with Gasteiger partial charge in [-0.05, 0) is 11.8 Å². The Morgan fingerprint density at radius 2 is 1.55 bits per heavy atom. The van der Waals surface area contributed by atoms with Gasteiger partial charge in [-0.1, -0.05) is 20.8 Å². The van der Waals surface area contributed by atoms with Crippen LogP contribution in [0.2, 0.25) is 0 Å². The minimum atomic E-state index is -5.77. The molecule has 1 fully saturated rings. The predicted octanol–water partition coefficient (Wildman–Crippen LogP) is 2.79. The van der Waals surface area contributed by atoms with Gasteiger partial charge in [0.2, 0.25) is 0 Å². The van der Waals surface area contributed by atoms with Crippen molar-refractivity contribution in [1.82, 2.24) is 0 Å². The van der Waals surface area contributed by atoms with Crippen LogP contribution in [0.1, 0.15) is 27.2 Å². The van der Waals surface area contributed by atoms with E-state index in [1.807, 2.05) is 0 Å². The summed E-state index contributed by atoms with van der Waals surface area (Å²) in [6, 6.07) is 0. The topological polar surface area (TPSA) is 59.1 Å². The largest absolute Gasteiger partial charge is 0.442 e. The van der Waals surface area contributed by atoms with E-state index >= 15 is 0 Å². The lowest BCUT2D eigenvalue weighted by atomic mass is 9.83. The second-order valence-electron chi connectivity index (χ2n) is 6.26. The van der Waals surface area contributed by atoms with Crippen LogP contribution in [0.5, 0.6) is 0 Å². The molecule has 1 saturated heterocycles. The maximum absolute atomic E-state index is 12.4. The summed E-state index contributed by atoms with van der Waals surface area (Å²) in [5, 5.41) is 9.12. The summed E-state index contributed by atoms with van der Waals surface area (Å²) in [5.41, 5.74) is -0.596. The van der Waals surface area contributed by atoms with Crippen molar-refractivity contribution in [1.29, 1.82) is 0 Å². The molecule has 22 heavy (non-hydrogen) atoms. The second kappa shape index (κ2) is 5.88. The average Bonchev–Trinajstić information content (AvgIpc) is 2.95. The first kappa shape index (κ1) is 19.0. The number of carbonyl (C=O) groups is 1. The summed E-state index contributed by atoms with van der Waals surface area (Å²) in [7, 11) is 0. The van der Waals surface area contributed by atoms with Crippen LogP contribution in [0.15, 0.2) is 0 Å². The molecule has 0 aliphatic carbocycles. The molecule has 0 aromatic rings. The Morgan fingerprint density at radius 1 is 1.14 bits per heavy atom. The van der Waals surface area contributed by atoms with Crippen molar-refractivity contribution in [3.8, 4) is 0 Å². The van der Waals surface area contributed by atoms with Crippen LogP contribution >= 0.6 is 0 Å². The summed E-state index contributed by atoms with van der Waals surface area (Å²) >= 11 is 0. The van der Waals surface area contributed by atoms with E-state index in [4.69, 9.17) is 5.11 Å². The lowest BCUT2D eigenvalue weighted by Crippen LogP contribution is -2.47. The molecule has 10 heteroatoms. The van der Waals surface area contributed by atoms with Gasteiger partial charge in [0.25, 0.3) is 6.10 Å². The number of hydrogen-bond donors (Lipinski definition) is 1. The first-order valence-electron chi connectivity index (χ1n) is 6.30. The van der Waals surface area contributed by atoms with E-state index in [-0.39, 0.29) is 6.42 Å². The van der Waals surface area contributed by atoms with Gasteiger partial charge in [0.05, 0.1) is 5.92 Å². The molecule has 0 saturated carbocycles. The zero-order chi connectivity index (χ0) is 17.5. The van der Waals surface area contributed by atoms with E-state index in [9.17, 15) is 31.1 Å². The van der Waals surface area contributed by atoms with E-state index in [1.54, 1.807) is 20.8 Å². The first-order chi connectivity index (χ1) is 9.63. The van der Waals surface area contributed by atoms with Crippen LogP contribution in [-0.2, 0) is 14.3 Å². The average molecular weight is 338 g/mol. The fourth-order valence-electron chi connectivity index (χ4n) is 1.93. The maximum atomic E-state index is 12.4. The van der Waals surface area contributed by atoms with Crippen molar-refractivity contribution in [2.24, 2.45) is 11.3 Å². The van der Waals surface area contributed by atoms with Crippen LogP contribution in [0.25, 0.3) is 0 Å². The van der Waals surface area contributed by atoms with Crippen molar-refractivity contribution in [2.45, 2.75) is 58.0 Å². The third-order valence-corrected chi connectivity index (χ3v) is 2.86. The van der Waals surface area contributed by atoms with Gasteiger partial charge in [-0.2, -0.15) is 26.3 Å². The van der Waals surface area contributed by atoms with Gasteiger partial charge in [0.15, 0.2) is 6.29 Å². The molecule has 0 radical (unpaired) electrons. The Balaban J connectivity index is 2.90. The van der Waals surface area contributed by atoms with Crippen LogP contribution in [0.4, 0.5) is 26.3 Å². The molecule has 1 rings (SSSR count). The highest BCUT2D eigenvalue weighted by Crippen LogP contribution is 2.40. The fraction of sp³-hybridized carbons (Fsp3) is 0.917. The number of hydrogen-bond acceptors (Lipinski definition) is 4. The first-order valence-corrected chi connectivity index (χ1v) is 6.30. The summed E-state index contributed by atoms with van der Waals surface area (Å²) in [6.45, 7) is 4.90. The van der Waals surface area contributed by atoms with E-state index in [1.165, 1.54) is 0 Å². The number of carbonyl (C=O) groups excluding carboxylic acids is 1. The molecular weight excluding hydrogens is 322 g/mol. The van der Waals surface area contributed by atoms with Gasteiger partial charge in [-0.25, -0.2) is 0 Å². The Labute approximate surface area is 122 Å². The van der Waals surface area contributed by atoms with Crippen LogP contribution in [-0.4, -0.2) is 41.9 Å². The lowest BCUT2D eigenvalue weighted by molar-refractivity contribution is -0.314. The Morgan fingerprint density at radius 3 is 1.82 bits per heavy atom. The SMILES string of the molecule is CC(C)(C)CC(C(=O)OC(C(F)(F)F)C(F)(F)F)C1OC1O. The summed E-state index contributed by atoms with van der Waals surface area (Å²) in [6.07, 6.45) is -18.4. The molecule has 0 aromatic carbocycles. The molecule has 0 amide bonds. The fourth-order valence-corrected chi connectivity index (χ4v) is 1.93. The number of aliphatic hydroxyl groups excluding tert-OH is 1. The van der Waals surface area contributed by atoms with E-state index < -0.39 is 48.2 Å². The molecule has 0 spiro atoms. The standard InChI is InChI=1S/C12H16F6O4/c1-10(2,3)4-5(6-8(20)21-6)7(19)22-9(11(13,14)15)12(16,17)18/h5-6,8-9,20H,4H2,1-3H3. The third-order valence-electron chi connectivity index (χ3n) is 2.86. The van der Waals surface area contributed by atoms with Gasteiger partial charge in [0, 0.05) is 0 Å². The molecule has 0 bridgehead atoms. The number of epoxide rings is 1. The van der Waals surface area contributed by atoms with Crippen molar-refractivity contribution in [2.75, 3.05) is 0 Å². The van der Waals surface area contributed by atoms with Crippen molar-refractivity contribution >= 4 is 5.97 Å². The Kier molecular flexibility index (Phi) is 5.08. The molecule has 3 unspecified atom stereocenters. The molecule has 1 N–H and O–H groups in total. The molecule has 0 aromatic heterocycles. The molecule has 1 heterocycles. The maximum Gasteiger partial charge on any atom is 0.434 e.